The van der Waals surface area contributed by atoms with E-state index >= 15 is 0 Å². The zero-order valence-corrected chi connectivity index (χ0v) is 9.56. The van der Waals surface area contributed by atoms with Crippen LogP contribution in [0.3, 0.4) is 0 Å². The maximum absolute atomic E-state index is 9.01. The van der Waals surface area contributed by atoms with Crippen molar-refractivity contribution < 1.29 is 5.11 Å². The fourth-order valence-electron chi connectivity index (χ4n) is 1.45. The lowest BCUT2D eigenvalue weighted by Crippen LogP contribution is -2.33. The topological polar surface area (TPSA) is 26.7 Å². The van der Waals surface area contributed by atoms with E-state index in [0.717, 1.165) is 13.1 Å². The third-order valence-electron chi connectivity index (χ3n) is 2.31. The van der Waals surface area contributed by atoms with Crippen molar-refractivity contribution in [2.45, 2.75) is 0 Å². The standard InChI is InChI=1S/C12H20N2O/c1-13(2)8-9-14(10-11-15)12-6-4-3-5-7-12/h3-7,15H,8-11H2,1-2H3. The number of nitrogens with zero attached hydrogens (tertiary/aromatic N) is 2. The van der Waals surface area contributed by atoms with Gasteiger partial charge >= 0.3 is 0 Å². The smallest absolute Gasteiger partial charge is 0.0606 e. The molecular formula is C12H20N2O. The molecule has 0 unspecified atom stereocenters. The van der Waals surface area contributed by atoms with Gasteiger partial charge in [-0.1, -0.05) is 18.2 Å². The molecule has 1 aromatic carbocycles. The zero-order chi connectivity index (χ0) is 11.1. The van der Waals surface area contributed by atoms with Crippen molar-refractivity contribution in [3.8, 4) is 0 Å². The quantitative estimate of drug-likeness (QED) is 0.757. The summed E-state index contributed by atoms with van der Waals surface area (Å²) in [7, 11) is 4.12. The van der Waals surface area contributed by atoms with Gasteiger partial charge in [-0.3, -0.25) is 0 Å². The molecule has 3 nitrogen and oxygen atoms in total. The van der Waals surface area contributed by atoms with Gasteiger partial charge in [0.15, 0.2) is 0 Å². The Labute approximate surface area is 91.9 Å². The first-order valence-electron chi connectivity index (χ1n) is 5.29. The molecule has 0 bridgehead atoms. The molecule has 84 valence electrons. The van der Waals surface area contributed by atoms with Gasteiger partial charge in [0.25, 0.3) is 0 Å². The third kappa shape index (κ3) is 4.32. The highest BCUT2D eigenvalue weighted by Gasteiger charge is 2.04. The van der Waals surface area contributed by atoms with E-state index < -0.39 is 0 Å². The molecule has 1 aromatic rings. The summed E-state index contributed by atoms with van der Waals surface area (Å²) in [4.78, 5) is 4.34. The van der Waals surface area contributed by atoms with Gasteiger partial charge in [-0.15, -0.1) is 0 Å². The number of hydrogen-bond acceptors (Lipinski definition) is 3. The minimum Gasteiger partial charge on any atom is -0.395 e. The van der Waals surface area contributed by atoms with E-state index in [9.17, 15) is 0 Å². The van der Waals surface area contributed by atoms with Gasteiger partial charge in [0.2, 0.25) is 0 Å². The average molecular weight is 208 g/mol. The Morgan fingerprint density at radius 2 is 1.67 bits per heavy atom. The second-order valence-corrected chi connectivity index (χ2v) is 3.85. The Kier molecular flexibility index (Phi) is 5.15. The lowest BCUT2D eigenvalue weighted by atomic mass is 10.3. The number of para-hydroxylation sites is 1. The van der Waals surface area contributed by atoms with Crippen molar-refractivity contribution in [1.29, 1.82) is 0 Å². The molecule has 0 heterocycles. The molecule has 0 amide bonds. The van der Waals surface area contributed by atoms with Crippen LogP contribution in [0.2, 0.25) is 0 Å². The van der Waals surface area contributed by atoms with Gasteiger partial charge < -0.3 is 14.9 Å². The first-order chi connectivity index (χ1) is 7.24. The first kappa shape index (κ1) is 12.0. The molecule has 0 saturated heterocycles. The van der Waals surface area contributed by atoms with Gasteiger partial charge in [0, 0.05) is 25.3 Å². The van der Waals surface area contributed by atoms with E-state index in [1.165, 1.54) is 5.69 Å². The fraction of sp³-hybridized carbons (Fsp3) is 0.500. The van der Waals surface area contributed by atoms with Crippen LogP contribution in [0.4, 0.5) is 5.69 Å². The van der Waals surface area contributed by atoms with Gasteiger partial charge in [0.05, 0.1) is 6.61 Å². The van der Waals surface area contributed by atoms with Crippen LogP contribution in [0.1, 0.15) is 0 Å². The Hall–Kier alpha value is -1.06. The summed E-state index contributed by atoms with van der Waals surface area (Å²) >= 11 is 0. The number of anilines is 1. The highest BCUT2D eigenvalue weighted by atomic mass is 16.3. The molecule has 0 spiro atoms. The van der Waals surface area contributed by atoms with Crippen molar-refractivity contribution in [2.75, 3.05) is 45.2 Å². The van der Waals surface area contributed by atoms with E-state index in [1.54, 1.807) is 0 Å². The number of benzene rings is 1. The molecule has 3 heteroatoms. The summed E-state index contributed by atoms with van der Waals surface area (Å²) in [5.41, 5.74) is 1.17. The molecule has 0 aromatic heterocycles. The van der Waals surface area contributed by atoms with Crippen LogP contribution in [0.25, 0.3) is 0 Å². The fourth-order valence-corrected chi connectivity index (χ4v) is 1.45. The van der Waals surface area contributed by atoms with Gasteiger partial charge in [-0.05, 0) is 26.2 Å². The predicted octanol–water partition coefficient (Wildman–Crippen LogP) is 1.05. The molecule has 1 N–H and O–H groups in total. The van der Waals surface area contributed by atoms with E-state index in [0.29, 0.717) is 6.54 Å². The van der Waals surface area contributed by atoms with Gasteiger partial charge in [-0.25, -0.2) is 0 Å². The average Bonchev–Trinajstić information content (AvgIpc) is 2.25. The Morgan fingerprint density at radius 3 is 2.20 bits per heavy atom. The number of aliphatic hydroxyl groups is 1. The second-order valence-electron chi connectivity index (χ2n) is 3.85. The highest BCUT2D eigenvalue weighted by molar-refractivity contribution is 5.45. The molecule has 1 rings (SSSR count). The van der Waals surface area contributed by atoms with Gasteiger partial charge in [0.1, 0.15) is 0 Å². The monoisotopic (exact) mass is 208 g/mol. The Balaban J connectivity index is 2.57. The van der Waals surface area contributed by atoms with Crippen molar-refractivity contribution >= 4 is 5.69 Å². The molecule has 0 fully saturated rings. The highest BCUT2D eigenvalue weighted by Crippen LogP contribution is 2.12. The Bertz CT molecular complexity index is 262. The normalized spacial score (nSPS) is 10.7. The molecule has 0 aliphatic rings. The summed E-state index contributed by atoms with van der Waals surface area (Å²) in [6, 6.07) is 10.2. The second kappa shape index (κ2) is 6.43. The van der Waals surface area contributed by atoms with Crippen LogP contribution >= 0.6 is 0 Å². The summed E-state index contributed by atoms with van der Waals surface area (Å²) in [6.45, 7) is 2.83. The van der Waals surface area contributed by atoms with E-state index in [1.807, 2.05) is 18.2 Å². The zero-order valence-electron chi connectivity index (χ0n) is 9.56. The van der Waals surface area contributed by atoms with Crippen LogP contribution in [0.15, 0.2) is 30.3 Å². The largest absolute Gasteiger partial charge is 0.395 e. The van der Waals surface area contributed by atoms with Crippen molar-refractivity contribution in [3.63, 3.8) is 0 Å². The number of likely N-dealkylation sites (N-methyl/N-ethyl adjacent to an activating group) is 1. The summed E-state index contributed by atoms with van der Waals surface area (Å²) in [6.07, 6.45) is 0. The van der Waals surface area contributed by atoms with Crippen LogP contribution in [0.5, 0.6) is 0 Å². The number of aliphatic hydroxyl groups excluding tert-OH is 1. The van der Waals surface area contributed by atoms with Gasteiger partial charge in [-0.2, -0.15) is 0 Å². The lowest BCUT2D eigenvalue weighted by molar-refractivity contribution is 0.299. The van der Waals surface area contributed by atoms with Crippen molar-refractivity contribution in [3.05, 3.63) is 30.3 Å². The molecule has 0 atom stereocenters. The van der Waals surface area contributed by atoms with Crippen molar-refractivity contribution in [1.82, 2.24) is 4.90 Å². The summed E-state index contributed by atoms with van der Waals surface area (Å²) in [5.74, 6) is 0. The SMILES string of the molecule is CN(C)CCN(CCO)c1ccccc1. The van der Waals surface area contributed by atoms with Crippen LogP contribution in [-0.2, 0) is 0 Å². The molecule has 0 aliphatic heterocycles. The summed E-state index contributed by atoms with van der Waals surface area (Å²) < 4.78 is 0. The molecule has 0 saturated carbocycles. The minimum atomic E-state index is 0.197. The van der Waals surface area contributed by atoms with E-state index in [2.05, 4.69) is 36.0 Å². The summed E-state index contributed by atoms with van der Waals surface area (Å²) in [5, 5.41) is 9.01. The molecular weight excluding hydrogens is 188 g/mol. The number of rotatable bonds is 6. The molecule has 0 aliphatic carbocycles. The lowest BCUT2D eigenvalue weighted by Gasteiger charge is -2.25. The maximum atomic E-state index is 9.01. The minimum absolute atomic E-state index is 0.197. The van der Waals surface area contributed by atoms with E-state index in [-0.39, 0.29) is 6.61 Å². The Morgan fingerprint density at radius 1 is 1.00 bits per heavy atom. The predicted molar refractivity (Wildman–Crippen MR) is 64.3 cm³/mol. The van der Waals surface area contributed by atoms with E-state index in [4.69, 9.17) is 5.11 Å². The van der Waals surface area contributed by atoms with Crippen LogP contribution in [0, 0.1) is 0 Å². The molecule has 15 heavy (non-hydrogen) atoms. The van der Waals surface area contributed by atoms with Crippen LogP contribution < -0.4 is 4.90 Å². The third-order valence-corrected chi connectivity index (χ3v) is 2.31. The number of hydrogen-bond donors (Lipinski definition) is 1. The van der Waals surface area contributed by atoms with Crippen LogP contribution in [-0.4, -0.2) is 50.3 Å². The molecule has 0 radical (unpaired) electrons. The first-order valence-corrected chi connectivity index (χ1v) is 5.29. The maximum Gasteiger partial charge on any atom is 0.0606 e. The van der Waals surface area contributed by atoms with Crippen molar-refractivity contribution in [2.24, 2.45) is 0 Å².